The van der Waals surface area contributed by atoms with Crippen LogP contribution in [0.1, 0.15) is 18.4 Å². The lowest BCUT2D eigenvalue weighted by atomic mass is 9.97. The minimum absolute atomic E-state index is 0.101. The molecule has 5 nitrogen and oxygen atoms in total. The number of aromatic amines is 1. The van der Waals surface area contributed by atoms with Crippen molar-refractivity contribution >= 4 is 16.9 Å². The molecule has 0 radical (unpaired) electrons. The summed E-state index contributed by atoms with van der Waals surface area (Å²) in [5.74, 6) is 0.245. The van der Waals surface area contributed by atoms with E-state index >= 15 is 0 Å². The van der Waals surface area contributed by atoms with E-state index in [4.69, 9.17) is 5.26 Å². The average Bonchev–Trinajstić information content (AvgIpc) is 3.17. The van der Waals surface area contributed by atoms with Crippen molar-refractivity contribution in [2.24, 2.45) is 5.92 Å². The number of pyridine rings is 1. The minimum atomic E-state index is 0.101. The Morgan fingerprint density at radius 2 is 1.96 bits per heavy atom. The lowest BCUT2D eigenvalue weighted by Gasteiger charge is -2.29. The van der Waals surface area contributed by atoms with Gasteiger partial charge >= 0.3 is 0 Å². The summed E-state index contributed by atoms with van der Waals surface area (Å²) in [6, 6.07) is 14.5. The molecule has 3 heterocycles. The summed E-state index contributed by atoms with van der Waals surface area (Å²) in [6.45, 7) is 1.38. The number of nitriles is 1. The standard InChI is InChI=1S/C21H20N4O/c22-14-16-7-11-25(12-8-16)20(26)13-15-1-3-17(4-2-15)18-5-9-23-21-19(18)6-10-24-21/h1-6,9-10,16H,7-8,11-13H2,(H,23,24). The molecule has 0 atom stereocenters. The highest BCUT2D eigenvalue weighted by atomic mass is 16.2. The van der Waals surface area contributed by atoms with Gasteiger partial charge in [-0.25, -0.2) is 4.98 Å². The molecule has 2 aromatic heterocycles. The first-order valence-corrected chi connectivity index (χ1v) is 8.93. The number of piperidine rings is 1. The molecule has 1 N–H and O–H groups in total. The Labute approximate surface area is 152 Å². The normalized spacial score (nSPS) is 15.1. The van der Waals surface area contributed by atoms with Crippen LogP contribution in [0.4, 0.5) is 0 Å². The van der Waals surface area contributed by atoms with Gasteiger partial charge in [0.05, 0.1) is 12.5 Å². The third-order valence-corrected chi connectivity index (χ3v) is 5.11. The Bertz CT molecular complexity index is 960. The summed E-state index contributed by atoms with van der Waals surface area (Å²) in [5.41, 5.74) is 4.14. The molecule has 4 rings (SSSR count). The van der Waals surface area contributed by atoms with E-state index in [9.17, 15) is 4.79 Å². The third-order valence-electron chi connectivity index (χ3n) is 5.11. The topological polar surface area (TPSA) is 72.8 Å². The highest BCUT2D eigenvalue weighted by Crippen LogP contribution is 2.27. The zero-order chi connectivity index (χ0) is 17.9. The Morgan fingerprint density at radius 1 is 1.19 bits per heavy atom. The van der Waals surface area contributed by atoms with Crippen LogP contribution in [-0.2, 0) is 11.2 Å². The van der Waals surface area contributed by atoms with Crippen LogP contribution in [-0.4, -0.2) is 33.9 Å². The molecule has 130 valence electrons. The number of hydrogen-bond donors (Lipinski definition) is 1. The van der Waals surface area contributed by atoms with E-state index < -0.39 is 0 Å². The molecule has 0 bridgehead atoms. The molecule has 0 unspecified atom stereocenters. The summed E-state index contributed by atoms with van der Waals surface area (Å²) < 4.78 is 0. The number of hydrogen-bond acceptors (Lipinski definition) is 3. The van der Waals surface area contributed by atoms with E-state index in [1.807, 2.05) is 35.4 Å². The van der Waals surface area contributed by atoms with Gasteiger partial charge in [0.1, 0.15) is 5.65 Å². The molecule has 1 amide bonds. The predicted molar refractivity (Wildman–Crippen MR) is 100 cm³/mol. The van der Waals surface area contributed by atoms with E-state index in [0.717, 1.165) is 40.6 Å². The molecule has 1 saturated heterocycles. The summed E-state index contributed by atoms with van der Waals surface area (Å²) in [6.07, 6.45) is 5.68. The third kappa shape index (κ3) is 3.18. The van der Waals surface area contributed by atoms with Crippen molar-refractivity contribution in [1.82, 2.24) is 14.9 Å². The number of nitrogens with zero attached hydrogens (tertiary/aromatic N) is 3. The number of H-pyrrole nitrogens is 1. The van der Waals surface area contributed by atoms with Crippen molar-refractivity contribution in [1.29, 1.82) is 5.26 Å². The fraction of sp³-hybridized carbons (Fsp3) is 0.286. The van der Waals surface area contributed by atoms with E-state index in [-0.39, 0.29) is 11.8 Å². The summed E-state index contributed by atoms with van der Waals surface area (Å²) in [4.78, 5) is 21.8. The molecule has 1 aliphatic rings. The van der Waals surface area contributed by atoms with Crippen molar-refractivity contribution in [3.8, 4) is 17.2 Å². The van der Waals surface area contributed by atoms with E-state index in [2.05, 4.69) is 28.2 Å². The smallest absolute Gasteiger partial charge is 0.226 e. The fourth-order valence-electron chi connectivity index (χ4n) is 3.56. The average molecular weight is 344 g/mol. The first kappa shape index (κ1) is 16.3. The van der Waals surface area contributed by atoms with E-state index in [0.29, 0.717) is 19.5 Å². The first-order valence-electron chi connectivity index (χ1n) is 8.93. The molecule has 1 aromatic carbocycles. The molecular weight excluding hydrogens is 324 g/mol. The zero-order valence-corrected chi connectivity index (χ0v) is 14.5. The maximum atomic E-state index is 12.5. The Balaban J connectivity index is 1.46. The van der Waals surface area contributed by atoms with Crippen LogP contribution in [0.25, 0.3) is 22.2 Å². The predicted octanol–water partition coefficient (Wildman–Crippen LogP) is 3.53. The molecule has 5 heteroatoms. The number of carbonyl (C=O) groups excluding carboxylic acids is 1. The number of nitrogens with one attached hydrogen (secondary N) is 1. The van der Waals surface area contributed by atoms with Crippen molar-refractivity contribution in [3.05, 3.63) is 54.4 Å². The number of carbonyl (C=O) groups is 1. The van der Waals surface area contributed by atoms with Crippen LogP contribution < -0.4 is 0 Å². The van der Waals surface area contributed by atoms with Crippen molar-refractivity contribution in [2.45, 2.75) is 19.3 Å². The van der Waals surface area contributed by atoms with Crippen molar-refractivity contribution in [2.75, 3.05) is 13.1 Å². The second-order valence-corrected chi connectivity index (χ2v) is 6.76. The second kappa shape index (κ2) is 7.01. The van der Waals surface area contributed by atoms with E-state index in [1.165, 1.54) is 0 Å². The number of rotatable bonds is 3. The molecule has 1 fully saturated rings. The van der Waals surface area contributed by atoms with Gasteiger partial charge in [-0.05, 0) is 41.7 Å². The lowest BCUT2D eigenvalue weighted by molar-refractivity contribution is -0.131. The van der Waals surface area contributed by atoms with Gasteiger partial charge in [-0.15, -0.1) is 0 Å². The Kier molecular flexibility index (Phi) is 4.40. The molecule has 1 aliphatic heterocycles. The van der Waals surface area contributed by atoms with Crippen LogP contribution in [0, 0.1) is 17.2 Å². The van der Waals surface area contributed by atoms with Crippen LogP contribution in [0.5, 0.6) is 0 Å². The number of benzene rings is 1. The van der Waals surface area contributed by atoms with Crippen molar-refractivity contribution in [3.63, 3.8) is 0 Å². The molecule has 0 aliphatic carbocycles. The molecule has 0 saturated carbocycles. The van der Waals surface area contributed by atoms with Crippen LogP contribution >= 0.6 is 0 Å². The van der Waals surface area contributed by atoms with Crippen LogP contribution in [0.15, 0.2) is 48.8 Å². The number of aromatic nitrogens is 2. The van der Waals surface area contributed by atoms with Gasteiger partial charge in [0.25, 0.3) is 0 Å². The summed E-state index contributed by atoms with van der Waals surface area (Å²) >= 11 is 0. The highest BCUT2D eigenvalue weighted by molar-refractivity contribution is 5.92. The summed E-state index contributed by atoms with van der Waals surface area (Å²) in [5, 5.41) is 10.1. The molecule has 3 aromatic rings. The number of likely N-dealkylation sites (tertiary alicyclic amines) is 1. The van der Waals surface area contributed by atoms with Gasteiger partial charge in [-0.3, -0.25) is 4.79 Å². The van der Waals surface area contributed by atoms with E-state index in [1.54, 1.807) is 6.20 Å². The maximum Gasteiger partial charge on any atom is 0.226 e. The largest absolute Gasteiger partial charge is 0.346 e. The van der Waals surface area contributed by atoms with Gasteiger partial charge < -0.3 is 9.88 Å². The van der Waals surface area contributed by atoms with Gasteiger partial charge in [0, 0.05) is 36.8 Å². The van der Waals surface area contributed by atoms with Crippen LogP contribution in [0.3, 0.4) is 0 Å². The fourth-order valence-corrected chi connectivity index (χ4v) is 3.56. The van der Waals surface area contributed by atoms with Gasteiger partial charge in [-0.2, -0.15) is 5.26 Å². The van der Waals surface area contributed by atoms with Gasteiger partial charge in [0.15, 0.2) is 0 Å². The second-order valence-electron chi connectivity index (χ2n) is 6.76. The number of fused-ring (bicyclic) bond motifs is 1. The lowest BCUT2D eigenvalue weighted by Crippen LogP contribution is -2.39. The molecular formula is C21H20N4O. The molecule has 26 heavy (non-hydrogen) atoms. The Morgan fingerprint density at radius 3 is 2.69 bits per heavy atom. The Hall–Kier alpha value is -3.13. The first-order chi connectivity index (χ1) is 12.7. The SMILES string of the molecule is N#CC1CCN(C(=O)Cc2ccc(-c3ccnc4[nH]ccc34)cc2)CC1. The van der Waals surface area contributed by atoms with Crippen molar-refractivity contribution < 1.29 is 4.79 Å². The van der Waals surface area contributed by atoms with Gasteiger partial charge in [-0.1, -0.05) is 24.3 Å². The monoisotopic (exact) mass is 344 g/mol. The number of amides is 1. The maximum absolute atomic E-state index is 12.5. The van der Waals surface area contributed by atoms with Gasteiger partial charge in [0.2, 0.25) is 5.91 Å². The minimum Gasteiger partial charge on any atom is -0.346 e. The highest BCUT2D eigenvalue weighted by Gasteiger charge is 2.22. The van der Waals surface area contributed by atoms with Crippen LogP contribution in [0.2, 0.25) is 0 Å². The summed E-state index contributed by atoms with van der Waals surface area (Å²) in [7, 11) is 0. The molecule has 0 spiro atoms. The quantitative estimate of drug-likeness (QED) is 0.790. The zero-order valence-electron chi connectivity index (χ0n) is 14.5.